The highest BCUT2D eigenvalue weighted by molar-refractivity contribution is 9.10. The highest BCUT2D eigenvalue weighted by atomic mass is 79.9. The lowest BCUT2D eigenvalue weighted by atomic mass is 10.1. The van der Waals surface area contributed by atoms with Gasteiger partial charge >= 0.3 is 6.18 Å². The summed E-state index contributed by atoms with van der Waals surface area (Å²) >= 11 is 3.15. The Morgan fingerprint density at radius 3 is 2.72 bits per heavy atom. The van der Waals surface area contributed by atoms with Gasteiger partial charge in [-0.2, -0.15) is 13.2 Å². The van der Waals surface area contributed by atoms with Gasteiger partial charge in [0.25, 0.3) is 5.91 Å². The number of carbonyl (C=O) groups excluding carboxylic acids is 1. The van der Waals surface area contributed by atoms with Gasteiger partial charge in [-0.05, 0) is 30.7 Å². The highest BCUT2D eigenvalue weighted by Gasteiger charge is 2.38. The van der Waals surface area contributed by atoms with Crippen molar-refractivity contribution >= 4 is 39.8 Å². The molecule has 0 saturated carbocycles. The largest absolute Gasteiger partial charge is 0.450 e. The molecule has 0 radical (unpaired) electrons. The van der Waals surface area contributed by atoms with Gasteiger partial charge in [-0.15, -0.1) is 0 Å². The van der Waals surface area contributed by atoms with E-state index in [0.29, 0.717) is 10.9 Å². The second kappa shape index (κ2) is 8.43. The molecule has 7 nitrogen and oxygen atoms in total. The monoisotopic (exact) mass is 511 g/mol. The number of methoxy groups -OCH3 is 1. The van der Waals surface area contributed by atoms with Crippen LogP contribution in [-0.2, 0) is 10.9 Å². The molecule has 1 amide bonds. The zero-order valence-corrected chi connectivity index (χ0v) is 17.9. The molecule has 1 N–H and O–H groups in total. The second-order valence-electron chi connectivity index (χ2n) is 6.76. The highest BCUT2D eigenvalue weighted by Crippen LogP contribution is 2.27. The van der Waals surface area contributed by atoms with Crippen LogP contribution in [0.2, 0.25) is 0 Å². The maximum absolute atomic E-state index is 13.9. The van der Waals surface area contributed by atoms with E-state index in [4.69, 9.17) is 4.74 Å². The molecule has 1 atom stereocenters. The summed E-state index contributed by atoms with van der Waals surface area (Å²) in [5.74, 6) is -2.88. The molecule has 0 spiro atoms. The lowest BCUT2D eigenvalue weighted by molar-refractivity contribution is -0.146. The second-order valence-corrected chi connectivity index (χ2v) is 7.67. The van der Waals surface area contributed by atoms with Gasteiger partial charge in [0.2, 0.25) is 5.82 Å². The van der Waals surface area contributed by atoms with Crippen LogP contribution in [0.5, 0.6) is 0 Å². The van der Waals surface area contributed by atoms with E-state index in [1.807, 2.05) is 0 Å². The Hall–Kier alpha value is -3.12. The first-order valence-corrected chi connectivity index (χ1v) is 9.96. The molecule has 1 aromatic carbocycles. The van der Waals surface area contributed by atoms with Gasteiger partial charge in [0.05, 0.1) is 34.8 Å². The van der Waals surface area contributed by atoms with Crippen molar-refractivity contribution in [2.24, 2.45) is 0 Å². The van der Waals surface area contributed by atoms with Crippen LogP contribution >= 0.6 is 15.9 Å². The molecular formula is C20H14BrF4N5O2. The average molecular weight is 512 g/mol. The summed E-state index contributed by atoms with van der Waals surface area (Å²) in [5, 5.41) is 2.71. The zero-order chi connectivity index (χ0) is 23.0. The van der Waals surface area contributed by atoms with Gasteiger partial charge in [-0.3, -0.25) is 9.36 Å². The number of benzene rings is 1. The fourth-order valence-electron chi connectivity index (χ4n) is 3.18. The van der Waals surface area contributed by atoms with Crippen LogP contribution in [0.25, 0.3) is 18.0 Å². The topological polar surface area (TPSA) is 81.9 Å². The van der Waals surface area contributed by atoms with E-state index in [2.05, 4.69) is 36.2 Å². The maximum atomic E-state index is 13.9. The lowest BCUT2D eigenvalue weighted by Crippen LogP contribution is -2.35. The molecular weight excluding hydrogens is 498 g/mol. The molecule has 0 saturated heterocycles. The van der Waals surface area contributed by atoms with E-state index in [1.165, 1.54) is 25.3 Å². The van der Waals surface area contributed by atoms with Crippen LogP contribution < -0.4 is 16.0 Å². The number of hydrogen-bond acceptors (Lipinski definition) is 5. The maximum Gasteiger partial charge on any atom is 0.450 e. The Morgan fingerprint density at radius 1 is 1.28 bits per heavy atom. The molecule has 32 heavy (non-hydrogen) atoms. The molecule has 2 heterocycles. The number of halogens is 5. The molecule has 3 aromatic rings. The van der Waals surface area contributed by atoms with Crippen LogP contribution in [0.3, 0.4) is 0 Å². The van der Waals surface area contributed by atoms with Gasteiger partial charge in [0.1, 0.15) is 5.82 Å². The molecule has 0 bridgehead atoms. The number of hydrogen-bond donors (Lipinski definition) is 1. The van der Waals surface area contributed by atoms with Crippen molar-refractivity contribution in [1.29, 1.82) is 0 Å². The summed E-state index contributed by atoms with van der Waals surface area (Å²) in [6, 6.07) is 3.85. The quantitative estimate of drug-likeness (QED) is 0.544. The molecule has 1 unspecified atom stereocenters. The third-order valence-corrected chi connectivity index (χ3v) is 5.16. The van der Waals surface area contributed by atoms with E-state index in [-0.39, 0.29) is 34.0 Å². The summed E-state index contributed by atoms with van der Waals surface area (Å²) in [7, 11) is 1.46. The molecule has 1 aliphatic rings. The number of anilines is 1. The standard InChI is InChI=1S/C20H14BrF4N5O2/c1-32-11-3-5-15-14(7-11)28-19(20(23,24)25)30(15)17-9-26-16(8-27-17)29-18(31)12-6-10(21)2-4-13(12)22/h2,4-9,11H,3H2,1H3,(H,26,29,31). The van der Waals surface area contributed by atoms with Crippen molar-refractivity contribution in [3.05, 3.63) is 63.0 Å². The number of alkyl halides is 3. The predicted octanol–water partition coefficient (Wildman–Crippen LogP) is 2.81. The third-order valence-electron chi connectivity index (χ3n) is 4.67. The van der Waals surface area contributed by atoms with Crippen molar-refractivity contribution in [1.82, 2.24) is 19.5 Å². The van der Waals surface area contributed by atoms with Crippen molar-refractivity contribution in [3.63, 3.8) is 0 Å². The minimum atomic E-state index is -4.74. The first-order valence-electron chi connectivity index (χ1n) is 9.17. The number of nitrogens with one attached hydrogen (secondary N) is 1. The normalized spacial score (nSPS) is 15.5. The number of fused-ring (bicyclic) bond motifs is 1. The average Bonchev–Trinajstić information content (AvgIpc) is 3.15. The van der Waals surface area contributed by atoms with Gasteiger partial charge in [0, 0.05) is 11.6 Å². The van der Waals surface area contributed by atoms with Crippen LogP contribution in [0.15, 0.2) is 35.1 Å². The number of carbonyl (C=O) groups is 1. The van der Waals surface area contributed by atoms with Crippen LogP contribution in [0.4, 0.5) is 23.4 Å². The zero-order valence-electron chi connectivity index (χ0n) is 16.3. The summed E-state index contributed by atoms with van der Waals surface area (Å²) in [6.07, 6.45) is 0.490. The van der Waals surface area contributed by atoms with E-state index in [9.17, 15) is 22.4 Å². The Balaban J connectivity index is 1.69. The number of amides is 1. The third kappa shape index (κ3) is 4.28. The molecule has 12 heteroatoms. The van der Waals surface area contributed by atoms with Crippen molar-refractivity contribution < 1.29 is 27.1 Å². The van der Waals surface area contributed by atoms with E-state index < -0.39 is 23.7 Å². The first kappa shape index (κ1) is 22.1. The Labute approximate surface area is 186 Å². The van der Waals surface area contributed by atoms with Gasteiger partial charge < -0.3 is 10.1 Å². The molecule has 0 aliphatic heterocycles. The molecule has 1 aliphatic carbocycles. The number of nitrogens with zero attached hydrogens (tertiary/aromatic N) is 4. The van der Waals surface area contributed by atoms with E-state index in [0.717, 1.165) is 23.0 Å². The minimum absolute atomic E-state index is 0.0596. The smallest absolute Gasteiger partial charge is 0.377 e. The number of rotatable bonds is 4. The van der Waals surface area contributed by atoms with Crippen molar-refractivity contribution in [2.45, 2.75) is 18.7 Å². The Kier molecular flexibility index (Phi) is 5.82. The Morgan fingerprint density at radius 2 is 2.06 bits per heavy atom. The SMILES string of the molecule is COC1C=c2nc(C(F)(F)F)n(-c3cnc(NC(=O)c4cc(Br)ccc4F)cn3)c2=CC1. The summed E-state index contributed by atoms with van der Waals surface area (Å²) in [6.45, 7) is 0. The van der Waals surface area contributed by atoms with E-state index >= 15 is 0 Å². The molecule has 4 rings (SSSR count). The Bertz CT molecular complexity index is 1310. The summed E-state index contributed by atoms with van der Waals surface area (Å²) < 4.78 is 61.3. The minimum Gasteiger partial charge on any atom is -0.377 e. The molecule has 166 valence electrons. The first-order chi connectivity index (χ1) is 15.2. The molecule has 0 fully saturated rings. The lowest BCUT2D eigenvalue weighted by Gasteiger charge is -2.12. The van der Waals surface area contributed by atoms with Crippen LogP contribution in [0.1, 0.15) is 22.6 Å². The van der Waals surface area contributed by atoms with Gasteiger partial charge in [0.15, 0.2) is 11.6 Å². The van der Waals surface area contributed by atoms with Crippen molar-refractivity contribution in [2.75, 3.05) is 12.4 Å². The van der Waals surface area contributed by atoms with Crippen molar-refractivity contribution in [3.8, 4) is 5.82 Å². The van der Waals surface area contributed by atoms with E-state index in [1.54, 1.807) is 6.08 Å². The van der Waals surface area contributed by atoms with Crippen LogP contribution in [-0.4, -0.2) is 38.6 Å². The van der Waals surface area contributed by atoms with Gasteiger partial charge in [-0.25, -0.2) is 19.3 Å². The number of aromatic nitrogens is 4. The predicted molar refractivity (Wildman–Crippen MR) is 110 cm³/mol. The summed E-state index contributed by atoms with van der Waals surface area (Å²) in [4.78, 5) is 24.0. The van der Waals surface area contributed by atoms with Crippen LogP contribution in [0, 0.1) is 5.82 Å². The fraction of sp³-hybridized carbons (Fsp3) is 0.200. The van der Waals surface area contributed by atoms with Gasteiger partial charge in [-0.1, -0.05) is 22.0 Å². The molecule has 2 aromatic heterocycles. The number of ether oxygens (including phenoxy) is 1. The number of imidazole rings is 1. The summed E-state index contributed by atoms with van der Waals surface area (Å²) in [5.41, 5.74) is -0.230. The fourth-order valence-corrected chi connectivity index (χ4v) is 3.54.